The van der Waals surface area contributed by atoms with Gasteiger partial charge in [-0.3, -0.25) is 0 Å². The van der Waals surface area contributed by atoms with Crippen molar-refractivity contribution in [2.24, 2.45) is 0 Å². The van der Waals surface area contributed by atoms with Gasteiger partial charge in [0.05, 0.1) is 0 Å². The maximum Gasteiger partial charge on any atom is 0.359 e. The third kappa shape index (κ3) is 2.61. The zero-order valence-corrected chi connectivity index (χ0v) is 9.90. The summed E-state index contributed by atoms with van der Waals surface area (Å²) in [5.74, 6) is -0.902. The maximum atomic E-state index is 12.9. The number of aromatic nitrogens is 2. The van der Waals surface area contributed by atoms with Gasteiger partial charge >= 0.3 is 5.97 Å². The first-order valence-electron chi connectivity index (χ1n) is 5.23. The minimum absolute atomic E-state index is 0.172. The highest BCUT2D eigenvalue weighted by molar-refractivity contribution is 5.88. The number of nitrogens with zero attached hydrogens (tertiary/aromatic N) is 2. The van der Waals surface area contributed by atoms with Gasteiger partial charge in [0.1, 0.15) is 17.1 Å². The zero-order chi connectivity index (χ0) is 12.6. The number of hydrogen-bond donors (Lipinski definition) is 0. The van der Waals surface area contributed by atoms with E-state index in [9.17, 15) is 9.18 Å². The van der Waals surface area contributed by atoms with Gasteiger partial charge in [-0.25, -0.2) is 14.2 Å². The van der Waals surface area contributed by atoms with E-state index in [-0.39, 0.29) is 11.5 Å². The van der Waals surface area contributed by atoms with Crippen molar-refractivity contribution < 1.29 is 13.9 Å². The fourth-order valence-corrected chi connectivity index (χ4v) is 1.39. The molecular formula is C12H13FN2O2. The van der Waals surface area contributed by atoms with Crippen molar-refractivity contribution in [1.82, 2.24) is 9.38 Å². The quantitative estimate of drug-likeness (QED) is 0.714. The lowest BCUT2D eigenvalue weighted by Crippen LogP contribution is -2.24. The molecule has 0 saturated heterocycles. The number of hydrogen-bond acceptors (Lipinski definition) is 3. The number of pyridine rings is 1. The number of rotatable bonds is 1. The van der Waals surface area contributed by atoms with Crippen LogP contribution in [0.3, 0.4) is 0 Å². The van der Waals surface area contributed by atoms with Crippen LogP contribution < -0.4 is 0 Å². The van der Waals surface area contributed by atoms with E-state index in [0.29, 0.717) is 5.65 Å². The number of imidazole rings is 1. The minimum Gasteiger partial charge on any atom is -0.455 e. The third-order valence-electron chi connectivity index (χ3n) is 2.03. The summed E-state index contributed by atoms with van der Waals surface area (Å²) < 4.78 is 19.7. The molecule has 0 amide bonds. The Morgan fingerprint density at radius 2 is 2.18 bits per heavy atom. The van der Waals surface area contributed by atoms with Crippen molar-refractivity contribution in [3.63, 3.8) is 0 Å². The highest BCUT2D eigenvalue weighted by atomic mass is 19.1. The van der Waals surface area contributed by atoms with Gasteiger partial charge in [-0.1, -0.05) is 0 Å². The topological polar surface area (TPSA) is 43.6 Å². The van der Waals surface area contributed by atoms with Crippen LogP contribution in [0.5, 0.6) is 0 Å². The summed E-state index contributed by atoms with van der Waals surface area (Å²) >= 11 is 0. The molecular weight excluding hydrogens is 223 g/mol. The van der Waals surface area contributed by atoms with Crippen molar-refractivity contribution in [3.05, 3.63) is 36.0 Å². The number of fused-ring (bicyclic) bond motifs is 1. The Morgan fingerprint density at radius 1 is 1.47 bits per heavy atom. The molecule has 0 saturated carbocycles. The Hall–Kier alpha value is -1.91. The van der Waals surface area contributed by atoms with Gasteiger partial charge in [-0.05, 0) is 26.8 Å². The van der Waals surface area contributed by atoms with Gasteiger partial charge in [0.2, 0.25) is 0 Å². The van der Waals surface area contributed by atoms with E-state index in [4.69, 9.17) is 4.74 Å². The molecule has 0 spiro atoms. The molecule has 0 fully saturated rings. The van der Waals surface area contributed by atoms with E-state index in [1.165, 1.54) is 24.5 Å². The van der Waals surface area contributed by atoms with Crippen LogP contribution in [0.1, 0.15) is 31.3 Å². The van der Waals surface area contributed by atoms with Crippen molar-refractivity contribution in [2.75, 3.05) is 0 Å². The molecule has 0 N–H and O–H groups in total. The van der Waals surface area contributed by atoms with Gasteiger partial charge in [0.15, 0.2) is 5.69 Å². The molecule has 0 aromatic carbocycles. The van der Waals surface area contributed by atoms with Crippen LogP contribution in [0, 0.1) is 5.82 Å². The predicted molar refractivity (Wildman–Crippen MR) is 60.3 cm³/mol. The Kier molecular flexibility index (Phi) is 2.61. The van der Waals surface area contributed by atoms with Crippen LogP contribution in [0.2, 0.25) is 0 Å². The van der Waals surface area contributed by atoms with E-state index >= 15 is 0 Å². The molecule has 0 aliphatic heterocycles. The Balaban J connectivity index is 2.33. The average Bonchev–Trinajstić information content (AvgIpc) is 2.57. The number of halogens is 1. The van der Waals surface area contributed by atoms with Crippen LogP contribution in [0.25, 0.3) is 5.65 Å². The SMILES string of the molecule is CC(C)(C)OC(=O)c1cn2ccc(F)cc2n1. The lowest BCUT2D eigenvalue weighted by atomic mass is 10.2. The van der Waals surface area contributed by atoms with E-state index in [1.807, 2.05) is 0 Å². The molecule has 2 aromatic rings. The van der Waals surface area contributed by atoms with Crippen LogP contribution in [0.4, 0.5) is 4.39 Å². The largest absolute Gasteiger partial charge is 0.455 e. The van der Waals surface area contributed by atoms with E-state index in [2.05, 4.69) is 4.98 Å². The van der Waals surface area contributed by atoms with Gasteiger partial charge < -0.3 is 9.14 Å². The molecule has 90 valence electrons. The molecule has 4 nitrogen and oxygen atoms in total. The second-order valence-electron chi connectivity index (χ2n) is 4.74. The predicted octanol–water partition coefficient (Wildman–Crippen LogP) is 2.43. The van der Waals surface area contributed by atoms with Gasteiger partial charge in [-0.15, -0.1) is 0 Å². The standard InChI is InChI=1S/C12H13FN2O2/c1-12(2,3)17-11(16)9-7-15-5-4-8(13)6-10(15)14-9/h4-7H,1-3H3. The average molecular weight is 236 g/mol. The Labute approximate surface area is 98.0 Å². The van der Waals surface area contributed by atoms with Gasteiger partial charge in [0, 0.05) is 18.5 Å². The van der Waals surface area contributed by atoms with Crippen molar-refractivity contribution in [1.29, 1.82) is 0 Å². The first-order chi connectivity index (χ1) is 7.85. The first-order valence-corrected chi connectivity index (χ1v) is 5.23. The highest BCUT2D eigenvalue weighted by Gasteiger charge is 2.20. The van der Waals surface area contributed by atoms with E-state index in [1.54, 1.807) is 25.2 Å². The minimum atomic E-state index is -0.571. The van der Waals surface area contributed by atoms with E-state index < -0.39 is 11.6 Å². The fourth-order valence-electron chi connectivity index (χ4n) is 1.39. The summed E-state index contributed by atoms with van der Waals surface area (Å²) in [6.07, 6.45) is 3.02. The molecule has 0 bridgehead atoms. The summed E-state index contributed by atoms with van der Waals surface area (Å²) in [5.41, 5.74) is -0.0191. The normalized spacial score (nSPS) is 11.8. The number of carbonyl (C=O) groups excluding carboxylic acids is 1. The summed E-state index contributed by atoms with van der Waals surface area (Å²) in [6, 6.07) is 2.56. The summed E-state index contributed by atoms with van der Waals surface area (Å²) in [6.45, 7) is 5.33. The molecule has 0 aliphatic rings. The molecule has 2 heterocycles. The molecule has 2 rings (SSSR count). The van der Waals surface area contributed by atoms with Crippen LogP contribution >= 0.6 is 0 Å². The molecule has 0 aliphatic carbocycles. The number of carbonyl (C=O) groups is 1. The van der Waals surface area contributed by atoms with Crippen molar-refractivity contribution >= 4 is 11.6 Å². The summed E-state index contributed by atoms with van der Waals surface area (Å²) in [7, 11) is 0. The lowest BCUT2D eigenvalue weighted by molar-refractivity contribution is 0.00636. The number of ether oxygens (including phenoxy) is 1. The van der Waals surface area contributed by atoms with Crippen LogP contribution in [-0.2, 0) is 4.74 Å². The van der Waals surface area contributed by atoms with E-state index in [0.717, 1.165) is 0 Å². The second-order valence-corrected chi connectivity index (χ2v) is 4.74. The first kappa shape index (κ1) is 11.6. The van der Waals surface area contributed by atoms with Crippen molar-refractivity contribution in [3.8, 4) is 0 Å². The van der Waals surface area contributed by atoms with Crippen molar-refractivity contribution in [2.45, 2.75) is 26.4 Å². The molecule has 2 aromatic heterocycles. The fraction of sp³-hybridized carbons (Fsp3) is 0.333. The molecule has 17 heavy (non-hydrogen) atoms. The molecule has 5 heteroatoms. The number of esters is 1. The van der Waals surface area contributed by atoms with Gasteiger partial charge in [0.25, 0.3) is 0 Å². The Morgan fingerprint density at radius 3 is 2.82 bits per heavy atom. The summed E-state index contributed by atoms with van der Waals surface area (Å²) in [4.78, 5) is 15.7. The third-order valence-corrected chi connectivity index (χ3v) is 2.03. The maximum absolute atomic E-state index is 12.9. The second kappa shape index (κ2) is 3.84. The summed E-state index contributed by atoms with van der Waals surface area (Å²) in [5, 5.41) is 0. The Bertz CT molecular complexity index is 569. The zero-order valence-electron chi connectivity index (χ0n) is 9.90. The monoisotopic (exact) mass is 236 g/mol. The van der Waals surface area contributed by atoms with Crippen LogP contribution in [0.15, 0.2) is 24.5 Å². The van der Waals surface area contributed by atoms with Crippen LogP contribution in [-0.4, -0.2) is 21.0 Å². The molecule has 0 atom stereocenters. The lowest BCUT2D eigenvalue weighted by Gasteiger charge is -2.18. The highest BCUT2D eigenvalue weighted by Crippen LogP contribution is 2.13. The molecule has 0 unspecified atom stereocenters. The smallest absolute Gasteiger partial charge is 0.359 e. The molecule has 0 radical (unpaired) electrons. The van der Waals surface area contributed by atoms with Gasteiger partial charge in [-0.2, -0.15) is 0 Å².